The van der Waals surface area contributed by atoms with E-state index >= 15 is 0 Å². The summed E-state index contributed by atoms with van der Waals surface area (Å²) in [5.41, 5.74) is 1.47. The smallest absolute Gasteiger partial charge is 0.257 e. The number of carbonyl (C=O) groups excluding carboxylic acids is 1. The van der Waals surface area contributed by atoms with E-state index in [-0.39, 0.29) is 5.91 Å². The summed E-state index contributed by atoms with van der Waals surface area (Å²) >= 11 is 6.09. The molecule has 0 atom stereocenters. The lowest BCUT2D eigenvalue weighted by atomic mass is 10.2. The van der Waals surface area contributed by atoms with E-state index in [0.29, 0.717) is 27.8 Å². The van der Waals surface area contributed by atoms with Crippen LogP contribution in [-0.2, 0) is 0 Å². The van der Waals surface area contributed by atoms with E-state index in [1.807, 2.05) is 0 Å². The van der Waals surface area contributed by atoms with E-state index in [1.165, 1.54) is 24.4 Å². The maximum atomic E-state index is 13.2. The van der Waals surface area contributed by atoms with Crippen LogP contribution in [0.15, 0.2) is 60.8 Å². The highest BCUT2D eigenvalue weighted by atomic mass is 35.5. The maximum absolute atomic E-state index is 13.2. The molecule has 0 unspecified atom stereocenters. The highest BCUT2D eigenvalue weighted by Crippen LogP contribution is 2.28. The number of benzene rings is 2. The van der Waals surface area contributed by atoms with Crippen LogP contribution in [0.2, 0.25) is 5.02 Å². The Hall–Kier alpha value is -3.12. The Balaban J connectivity index is 1.68. The zero-order chi connectivity index (χ0) is 18.5. The van der Waals surface area contributed by atoms with Crippen LogP contribution in [-0.4, -0.2) is 18.0 Å². The van der Waals surface area contributed by atoms with E-state index in [2.05, 4.69) is 15.6 Å². The highest BCUT2D eigenvalue weighted by Gasteiger charge is 2.08. The topological polar surface area (TPSA) is 63.2 Å². The van der Waals surface area contributed by atoms with Crippen LogP contribution in [0.3, 0.4) is 0 Å². The van der Waals surface area contributed by atoms with Crippen LogP contribution in [0, 0.1) is 5.82 Å². The Labute approximate surface area is 154 Å². The molecule has 2 N–H and O–H groups in total. The summed E-state index contributed by atoms with van der Waals surface area (Å²) in [6.45, 7) is 0. The van der Waals surface area contributed by atoms with Gasteiger partial charge >= 0.3 is 0 Å². The van der Waals surface area contributed by atoms with Crippen LogP contribution in [0.5, 0.6) is 5.75 Å². The number of hydrogen-bond donors (Lipinski definition) is 2. The monoisotopic (exact) mass is 371 g/mol. The average molecular weight is 372 g/mol. The number of aromatic nitrogens is 1. The van der Waals surface area contributed by atoms with Gasteiger partial charge in [0, 0.05) is 17.6 Å². The molecule has 0 aliphatic rings. The predicted octanol–water partition coefficient (Wildman–Crippen LogP) is 4.88. The Bertz CT molecular complexity index is 932. The molecule has 1 heterocycles. The zero-order valence-electron chi connectivity index (χ0n) is 13.8. The van der Waals surface area contributed by atoms with Crippen LogP contribution in [0.25, 0.3) is 0 Å². The molecular formula is C19H15ClFN3O2. The third-order valence-electron chi connectivity index (χ3n) is 3.53. The molecule has 5 nitrogen and oxygen atoms in total. The molecular weight excluding hydrogens is 357 g/mol. The minimum Gasteiger partial charge on any atom is -0.495 e. The summed E-state index contributed by atoms with van der Waals surface area (Å²) in [7, 11) is 1.55. The Morgan fingerprint density at radius 2 is 1.96 bits per heavy atom. The normalized spacial score (nSPS) is 10.3. The number of hydrogen-bond acceptors (Lipinski definition) is 4. The molecule has 0 aliphatic carbocycles. The first kappa shape index (κ1) is 17.7. The van der Waals surface area contributed by atoms with Crippen molar-refractivity contribution in [1.82, 2.24) is 4.98 Å². The second-order valence-electron chi connectivity index (χ2n) is 5.37. The van der Waals surface area contributed by atoms with Gasteiger partial charge in [-0.05, 0) is 48.5 Å². The van der Waals surface area contributed by atoms with Crippen molar-refractivity contribution in [3.05, 3.63) is 77.2 Å². The van der Waals surface area contributed by atoms with Gasteiger partial charge in [0.2, 0.25) is 0 Å². The molecule has 0 saturated carbocycles. The number of amides is 1. The summed E-state index contributed by atoms with van der Waals surface area (Å²) in [5, 5.41) is 6.18. The largest absolute Gasteiger partial charge is 0.495 e. The first-order chi connectivity index (χ1) is 12.5. The lowest BCUT2D eigenvalue weighted by Crippen LogP contribution is -2.12. The van der Waals surface area contributed by atoms with Crippen LogP contribution < -0.4 is 15.4 Å². The molecule has 0 saturated heterocycles. The second-order valence-corrected chi connectivity index (χ2v) is 5.78. The molecule has 0 spiro atoms. The van der Waals surface area contributed by atoms with Crippen molar-refractivity contribution < 1.29 is 13.9 Å². The highest BCUT2D eigenvalue weighted by molar-refractivity contribution is 6.32. The van der Waals surface area contributed by atoms with Gasteiger partial charge in [0.15, 0.2) is 0 Å². The summed E-state index contributed by atoms with van der Waals surface area (Å²) in [6, 6.07) is 14.2. The quantitative estimate of drug-likeness (QED) is 0.671. The number of methoxy groups -OCH3 is 1. The molecule has 0 bridgehead atoms. The molecule has 1 amide bonds. The van der Waals surface area contributed by atoms with Crippen molar-refractivity contribution in [1.29, 1.82) is 0 Å². The fourth-order valence-electron chi connectivity index (χ4n) is 2.26. The number of nitrogens with one attached hydrogen (secondary N) is 2. The third-order valence-corrected chi connectivity index (χ3v) is 3.83. The number of ether oxygens (including phenoxy) is 1. The van der Waals surface area contributed by atoms with Crippen molar-refractivity contribution in [2.24, 2.45) is 0 Å². The molecule has 0 fully saturated rings. The molecule has 3 aromatic rings. The van der Waals surface area contributed by atoms with Crippen molar-refractivity contribution in [2.45, 2.75) is 0 Å². The minimum atomic E-state index is -0.418. The van der Waals surface area contributed by atoms with Crippen molar-refractivity contribution in [3.8, 4) is 5.75 Å². The lowest BCUT2D eigenvalue weighted by molar-refractivity contribution is 0.102. The number of carbonyl (C=O) groups is 1. The number of halogens is 2. The van der Waals surface area contributed by atoms with Gasteiger partial charge in [0.05, 0.1) is 17.7 Å². The fraction of sp³-hybridized carbons (Fsp3) is 0.0526. The molecule has 3 rings (SSSR count). The number of pyridine rings is 1. The van der Waals surface area contributed by atoms with Crippen molar-refractivity contribution in [3.63, 3.8) is 0 Å². The lowest BCUT2D eigenvalue weighted by Gasteiger charge is -2.09. The summed E-state index contributed by atoms with van der Waals surface area (Å²) in [6.07, 6.45) is 1.43. The molecule has 2 aromatic carbocycles. The van der Waals surface area contributed by atoms with E-state index in [9.17, 15) is 9.18 Å². The first-order valence-corrected chi connectivity index (χ1v) is 8.06. The van der Waals surface area contributed by atoms with E-state index in [1.54, 1.807) is 43.5 Å². The maximum Gasteiger partial charge on any atom is 0.257 e. The molecule has 132 valence electrons. The molecule has 7 heteroatoms. The molecule has 0 aliphatic heterocycles. The molecule has 26 heavy (non-hydrogen) atoms. The van der Waals surface area contributed by atoms with Crippen molar-refractivity contribution >= 4 is 34.7 Å². The average Bonchev–Trinajstić information content (AvgIpc) is 2.62. The number of rotatable bonds is 5. The van der Waals surface area contributed by atoms with Gasteiger partial charge in [-0.1, -0.05) is 17.7 Å². The SMILES string of the molecule is COc1ccc(Nc2ccc(C(=O)Nc3cccc(F)c3)cn2)cc1Cl. The first-order valence-electron chi connectivity index (χ1n) is 7.69. The minimum absolute atomic E-state index is 0.354. The standard InChI is InChI=1S/C19H15ClFN3O2/c1-26-17-7-6-15(10-16(17)20)23-18-8-5-12(11-22-18)19(25)24-14-4-2-3-13(21)9-14/h2-11H,1H3,(H,22,23)(H,24,25). The van der Waals surface area contributed by atoms with Gasteiger partial charge in [-0.3, -0.25) is 4.79 Å². The third kappa shape index (κ3) is 4.29. The van der Waals surface area contributed by atoms with Gasteiger partial charge in [0.25, 0.3) is 5.91 Å². The second kappa shape index (κ2) is 7.84. The number of nitrogens with zero attached hydrogens (tertiary/aromatic N) is 1. The van der Waals surface area contributed by atoms with E-state index in [0.717, 1.165) is 5.69 Å². The van der Waals surface area contributed by atoms with Gasteiger partial charge in [0.1, 0.15) is 17.4 Å². The molecule has 0 radical (unpaired) electrons. The summed E-state index contributed by atoms with van der Waals surface area (Å²) < 4.78 is 18.3. The van der Waals surface area contributed by atoms with E-state index in [4.69, 9.17) is 16.3 Å². The summed E-state index contributed by atoms with van der Waals surface area (Å²) in [4.78, 5) is 16.4. The van der Waals surface area contributed by atoms with Crippen LogP contribution in [0.1, 0.15) is 10.4 Å². The number of anilines is 3. The Morgan fingerprint density at radius 1 is 1.12 bits per heavy atom. The van der Waals surface area contributed by atoms with Gasteiger partial charge < -0.3 is 15.4 Å². The van der Waals surface area contributed by atoms with Crippen LogP contribution in [0.4, 0.5) is 21.6 Å². The predicted molar refractivity (Wildman–Crippen MR) is 99.9 cm³/mol. The van der Waals surface area contributed by atoms with Crippen molar-refractivity contribution in [2.75, 3.05) is 17.7 Å². The summed E-state index contributed by atoms with van der Waals surface area (Å²) in [5.74, 6) is 0.337. The Morgan fingerprint density at radius 3 is 2.62 bits per heavy atom. The van der Waals surface area contributed by atoms with E-state index < -0.39 is 5.82 Å². The zero-order valence-corrected chi connectivity index (χ0v) is 14.5. The van der Waals surface area contributed by atoms with Crippen LogP contribution >= 0.6 is 11.6 Å². The van der Waals surface area contributed by atoms with Gasteiger partial charge in [-0.15, -0.1) is 0 Å². The Kier molecular flexibility index (Phi) is 5.34. The molecule has 1 aromatic heterocycles. The fourth-order valence-corrected chi connectivity index (χ4v) is 2.52. The van der Waals surface area contributed by atoms with Gasteiger partial charge in [-0.25, -0.2) is 9.37 Å². The van der Waals surface area contributed by atoms with Gasteiger partial charge in [-0.2, -0.15) is 0 Å².